The number of para-hydroxylation sites is 1. The summed E-state index contributed by atoms with van der Waals surface area (Å²) in [7, 11) is 0. The zero-order valence-corrected chi connectivity index (χ0v) is 33.7. The molecule has 0 spiro atoms. The summed E-state index contributed by atoms with van der Waals surface area (Å²) >= 11 is 0. The summed E-state index contributed by atoms with van der Waals surface area (Å²) in [4.78, 5) is 30.3. The molecule has 8 heteroatoms. The molecule has 3 aromatic heterocycles. The molecule has 63 heavy (non-hydrogen) atoms. The van der Waals surface area contributed by atoms with Crippen LogP contribution in [0.1, 0.15) is 5.56 Å². The van der Waals surface area contributed by atoms with E-state index in [1.165, 1.54) is 0 Å². The van der Waals surface area contributed by atoms with E-state index in [1.54, 1.807) is 0 Å². The molecule has 0 atom stereocenters. The molecule has 0 bridgehead atoms. The van der Waals surface area contributed by atoms with Crippen LogP contribution in [0.25, 0.3) is 107 Å². The van der Waals surface area contributed by atoms with Crippen LogP contribution in [0.3, 0.4) is 0 Å². The molecule has 11 aromatic rings. The molecule has 0 N–H and O–H groups in total. The van der Waals surface area contributed by atoms with Crippen LogP contribution in [0.5, 0.6) is 0 Å². The first-order valence-corrected chi connectivity index (χ1v) is 20.6. The molecule has 0 saturated heterocycles. The number of hydrogen-bond donors (Lipinski definition) is 0. The fraction of sp³-hybridized carbons (Fsp3) is 0. The van der Waals surface area contributed by atoms with Gasteiger partial charge in [-0.25, -0.2) is 29.9 Å². The van der Waals surface area contributed by atoms with Gasteiger partial charge < -0.3 is 4.57 Å². The standard InChI is InChI=1S/C55H34N8/c56-35-36-25-27-37(28-26-36)44-31-30-43(34-47(44)55-61-52(40-19-9-3-10-20-40)58-53(62-55)41-21-11-4-12-22-41)63-48-24-14-13-23-45(48)46-33-42(29-32-49(46)63)54-59-50(38-15-5-1-6-16-38)57-51(60-54)39-17-7-2-8-18-39/h1-34H. The lowest BCUT2D eigenvalue weighted by molar-refractivity contribution is 1.07. The van der Waals surface area contributed by atoms with E-state index < -0.39 is 0 Å². The summed E-state index contributed by atoms with van der Waals surface area (Å²) in [6.07, 6.45) is 0. The van der Waals surface area contributed by atoms with E-state index in [0.29, 0.717) is 40.5 Å². The molecule has 0 aliphatic rings. The van der Waals surface area contributed by atoms with Gasteiger partial charge in [-0.3, -0.25) is 0 Å². The van der Waals surface area contributed by atoms with Crippen LogP contribution in [0.4, 0.5) is 0 Å². The van der Waals surface area contributed by atoms with Crippen LogP contribution in [-0.2, 0) is 0 Å². The average molecular weight is 807 g/mol. The van der Waals surface area contributed by atoms with Crippen LogP contribution in [-0.4, -0.2) is 34.5 Å². The fourth-order valence-corrected chi connectivity index (χ4v) is 8.09. The molecule has 294 valence electrons. The van der Waals surface area contributed by atoms with Gasteiger partial charge in [-0.15, -0.1) is 0 Å². The Kier molecular flexibility index (Phi) is 9.37. The third-order valence-corrected chi connectivity index (χ3v) is 11.2. The van der Waals surface area contributed by atoms with Crippen LogP contribution >= 0.6 is 0 Å². The number of aromatic nitrogens is 7. The first-order valence-electron chi connectivity index (χ1n) is 20.6. The van der Waals surface area contributed by atoms with E-state index in [9.17, 15) is 5.26 Å². The molecular weight excluding hydrogens is 773 g/mol. The zero-order chi connectivity index (χ0) is 42.1. The Hall–Kier alpha value is -8.93. The van der Waals surface area contributed by atoms with E-state index in [1.807, 2.05) is 146 Å². The average Bonchev–Trinajstić information content (AvgIpc) is 3.70. The van der Waals surface area contributed by atoms with Crippen molar-refractivity contribution in [2.45, 2.75) is 0 Å². The molecule has 0 aliphatic heterocycles. The van der Waals surface area contributed by atoms with Crippen molar-refractivity contribution >= 4 is 21.8 Å². The molecule has 0 unspecified atom stereocenters. The van der Waals surface area contributed by atoms with E-state index in [-0.39, 0.29) is 0 Å². The van der Waals surface area contributed by atoms with Crippen LogP contribution < -0.4 is 0 Å². The SMILES string of the molecule is N#Cc1ccc(-c2ccc(-n3c4ccccc4c4cc(-c5nc(-c6ccccc6)nc(-c6ccccc6)n5)ccc43)cc2-c2nc(-c3ccccc3)nc(-c3ccccc3)n2)cc1. The number of nitriles is 1. The molecule has 0 fully saturated rings. The van der Waals surface area contributed by atoms with Gasteiger partial charge in [-0.05, 0) is 59.7 Å². The van der Waals surface area contributed by atoms with Crippen molar-refractivity contribution in [1.82, 2.24) is 34.5 Å². The van der Waals surface area contributed by atoms with Crippen molar-refractivity contribution in [1.29, 1.82) is 5.26 Å². The summed E-state index contributed by atoms with van der Waals surface area (Å²) in [5, 5.41) is 11.8. The minimum absolute atomic E-state index is 0.533. The number of nitrogens with zero attached hydrogens (tertiary/aromatic N) is 8. The number of rotatable bonds is 8. The Morgan fingerprint density at radius 1 is 0.317 bits per heavy atom. The summed E-state index contributed by atoms with van der Waals surface area (Å²) < 4.78 is 2.29. The maximum Gasteiger partial charge on any atom is 0.164 e. The maximum atomic E-state index is 9.64. The van der Waals surface area contributed by atoms with Crippen molar-refractivity contribution in [3.05, 3.63) is 212 Å². The van der Waals surface area contributed by atoms with E-state index in [0.717, 1.165) is 72.0 Å². The Morgan fingerprint density at radius 3 is 1.25 bits per heavy atom. The summed E-state index contributed by atoms with van der Waals surface area (Å²) in [6, 6.07) is 71.2. The molecule has 0 amide bonds. The smallest absolute Gasteiger partial charge is 0.164 e. The van der Waals surface area contributed by atoms with Crippen molar-refractivity contribution in [2.24, 2.45) is 0 Å². The second-order valence-electron chi connectivity index (χ2n) is 15.1. The normalized spacial score (nSPS) is 11.2. The number of hydrogen-bond acceptors (Lipinski definition) is 7. The quantitative estimate of drug-likeness (QED) is 0.150. The predicted molar refractivity (Wildman–Crippen MR) is 250 cm³/mol. The molecule has 8 aromatic carbocycles. The Morgan fingerprint density at radius 2 is 0.746 bits per heavy atom. The highest BCUT2D eigenvalue weighted by atomic mass is 15.0. The minimum atomic E-state index is 0.533. The summed E-state index contributed by atoms with van der Waals surface area (Å²) in [6.45, 7) is 0. The molecule has 0 radical (unpaired) electrons. The van der Waals surface area contributed by atoms with Crippen molar-refractivity contribution in [3.8, 4) is 91.2 Å². The van der Waals surface area contributed by atoms with Gasteiger partial charge in [-0.1, -0.05) is 158 Å². The van der Waals surface area contributed by atoms with Crippen LogP contribution in [0, 0.1) is 11.3 Å². The van der Waals surface area contributed by atoms with Crippen LogP contribution in [0.2, 0.25) is 0 Å². The van der Waals surface area contributed by atoms with Gasteiger partial charge in [0, 0.05) is 49.8 Å². The lowest BCUT2D eigenvalue weighted by Crippen LogP contribution is -2.02. The highest BCUT2D eigenvalue weighted by Crippen LogP contribution is 2.39. The van der Waals surface area contributed by atoms with E-state index in [2.05, 4.69) is 71.3 Å². The van der Waals surface area contributed by atoms with Crippen LogP contribution in [0.15, 0.2) is 206 Å². The maximum absolute atomic E-state index is 9.64. The highest BCUT2D eigenvalue weighted by Gasteiger charge is 2.20. The second kappa shape index (κ2) is 15.9. The predicted octanol–water partition coefficient (Wildman–Crippen LogP) is 12.7. The molecule has 0 saturated carbocycles. The monoisotopic (exact) mass is 806 g/mol. The van der Waals surface area contributed by atoms with Gasteiger partial charge in [0.05, 0.1) is 22.7 Å². The Balaban J connectivity index is 1.12. The van der Waals surface area contributed by atoms with E-state index in [4.69, 9.17) is 29.9 Å². The third kappa shape index (κ3) is 7.05. The first kappa shape index (κ1) is 37.1. The molecule has 11 rings (SSSR count). The Labute approximate surface area is 363 Å². The largest absolute Gasteiger partial charge is 0.309 e. The van der Waals surface area contributed by atoms with Gasteiger partial charge in [0.25, 0.3) is 0 Å². The lowest BCUT2D eigenvalue weighted by Gasteiger charge is -2.15. The number of fused-ring (bicyclic) bond motifs is 3. The van der Waals surface area contributed by atoms with Crippen molar-refractivity contribution in [3.63, 3.8) is 0 Å². The second-order valence-corrected chi connectivity index (χ2v) is 15.1. The van der Waals surface area contributed by atoms with Gasteiger partial charge >= 0.3 is 0 Å². The molecule has 0 aliphatic carbocycles. The first-order chi connectivity index (χ1) is 31.2. The topological polar surface area (TPSA) is 106 Å². The van der Waals surface area contributed by atoms with Crippen molar-refractivity contribution < 1.29 is 0 Å². The summed E-state index contributed by atoms with van der Waals surface area (Å²) in [5.74, 6) is 3.49. The van der Waals surface area contributed by atoms with E-state index >= 15 is 0 Å². The highest BCUT2D eigenvalue weighted by molar-refractivity contribution is 6.10. The molecule has 8 nitrogen and oxygen atoms in total. The fourth-order valence-electron chi connectivity index (χ4n) is 8.09. The zero-order valence-electron chi connectivity index (χ0n) is 33.7. The molecular formula is C55H34N8. The molecule has 3 heterocycles. The summed E-state index contributed by atoms with van der Waals surface area (Å²) in [5.41, 5.74) is 10.8. The van der Waals surface area contributed by atoms with Gasteiger partial charge in [0.15, 0.2) is 34.9 Å². The van der Waals surface area contributed by atoms with Gasteiger partial charge in [-0.2, -0.15) is 5.26 Å². The lowest BCUT2D eigenvalue weighted by atomic mass is 9.97. The van der Waals surface area contributed by atoms with Gasteiger partial charge in [0.2, 0.25) is 0 Å². The third-order valence-electron chi connectivity index (χ3n) is 11.2. The minimum Gasteiger partial charge on any atom is -0.309 e. The van der Waals surface area contributed by atoms with Gasteiger partial charge in [0.1, 0.15) is 0 Å². The van der Waals surface area contributed by atoms with Crippen molar-refractivity contribution in [2.75, 3.05) is 0 Å². The Bertz CT molecular complexity index is 3380. The number of benzene rings is 8.